The molecule has 0 unspecified atom stereocenters. The number of nitrogens with one attached hydrogen (secondary N) is 1. The van der Waals surface area contributed by atoms with Gasteiger partial charge in [-0.1, -0.05) is 12.1 Å². The van der Waals surface area contributed by atoms with Gasteiger partial charge in [0.05, 0.1) is 25.9 Å². The summed E-state index contributed by atoms with van der Waals surface area (Å²) in [5.41, 5.74) is 2.35. The van der Waals surface area contributed by atoms with E-state index in [9.17, 15) is 4.79 Å². The lowest BCUT2D eigenvalue weighted by Crippen LogP contribution is -2.39. The maximum Gasteiger partial charge on any atom is 0.251 e. The summed E-state index contributed by atoms with van der Waals surface area (Å²) in [6.07, 6.45) is 1.46. The molecule has 1 saturated heterocycles. The quantitative estimate of drug-likeness (QED) is 0.927. The van der Waals surface area contributed by atoms with Crippen LogP contribution in [0.4, 0.5) is 0 Å². The first-order valence-electron chi connectivity index (χ1n) is 7.71. The van der Waals surface area contributed by atoms with Gasteiger partial charge in [-0.05, 0) is 29.8 Å². The van der Waals surface area contributed by atoms with Gasteiger partial charge in [0.2, 0.25) is 0 Å². The van der Waals surface area contributed by atoms with E-state index in [1.807, 2.05) is 12.1 Å². The van der Waals surface area contributed by atoms with Crippen LogP contribution in [0.2, 0.25) is 0 Å². The van der Waals surface area contributed by atoms with Crippen LogP contribution >= 0.6 is 0 Å². The van der Waals surface area contributed by atoms with Crippen molar-refractivity contribution in [3.8, 4) is 17.2 Å². The third-order valence-corrected chi connectivity index (χ3v) is 3.72. The highest BCUT2D eigenvalue weighted by atomic mass is 16.6. The van der Waals surface area contributed by atoms with Crippen LogP contribution in [0.1, 0.15) is 16.1 Å². The third-order valence-electron chi connectivity index (χ3n) is 3.72. The molecule has 122 valence electrons. The summed E-state index contributed by atoms with van der Waals surface area (Å²) in [4.78, 5) is 16.4. The number of pyridine rings is 1. The second-order valence-electron chi connectivity index (χ2n) is 5.37. The Kier molecular flexibility index (Phi) is 5.16. The highest BCUT2D eigenvalue weighted by molar-refractivity contribution is 5.95. The molecule has 1 atom stereocenters. The molecule has 1 N–H and O–H groups in total. The van der Waals surface area contributed by atoms with Gasteiger partial charge in [-0.2, -0.15) is 5.26 Å². The largest absolute Gasteiger partial charge is 0.376 e. The van der Waals surface area contributed by atoms with Crippen molar-refractivity contribution in [2.24, 2.45) is 0 Å². The van der Waals surface area contributed by atoms with E-state index < -0.39 is 0 Å². The first kappa shape index (κ1) is 16.1. The van der Waals surface area contributed by atoms with E-state index in [-0.39, 0.29) is 12.0 Å². The molecule has 0 radical (unpaired) electrons. The van der Waals surface area contributed by atoms with Gasteiger partial charge < -0.3 is 14.8 Å². The zero-order valence-corrected chi connectivity index (χ0v) is 13.1. The van der Waals surface area contributed by atoms with Gasteiger partial charge in [0.1, 0.15) is 11.8 Å². The maximum atomic E-state index is 12.3. The minimum Gasteiger partial charge on any atom is -0.376 e. The van der Waals surface area contributed by atoms with Gasteiger partial charge in [0, 0.05) is 23.9 Å². The first-order valence-corrected chi connectivity index (χ1v) is 7.71. The van der Waals surface area contributed by atoms with E-state index in [0.717, 1.165) is 5.56 Å². The molecule has 24 heavy (non-hydrogen) atoms. The van der Waals surface area contributed by atoms with E-state index in [1.165, 1.54) is 0 Å². The average Bonchev–Trinajstić information content (AvgIpc) is 2.67. The monoisotopic (exact) mass is 323 g/mol. The van der Waals surface area contributed by atoms with Gasteiger partial charge in [-0.15, -0.1) is 0 Å². The van der Waals surface area contributed by atoms with Crippen molar-refractivity contribution < 1.29 is 14.3 Å². The van der Waals surface area contributed by atoms with Gasteiger partial charge in [-0.25, -0.2) is 4.98 Å². The van der Waals surface area contributed by atoms with Crippen molar-refractivity contribution in [2.75, 3.05) is 26.4 Å². The third kappa shape index (κ3) is 3.77. The lowest BCUT2D eigenvalue weighted by Gasteiger charge is -2.23. The van der Waals surface area contributed by atoms with Gasteiger partial charge in [-0.3, -0.25) is 4.79 Å². The van der Waals surface area contributed by atoms with Crippen LogP contribution in [0.15, 0.2) is 42.6 Å². The maximum absolute atomic E-state index is 12.3. The summed E-state index contributed by atoms with van der Waals surface area (Å²) in [7, 11) is 0. The van der Waals surface area contributed by atoms with Crippen LogP contribution < -0.4 is 5.32 Å². The fourth-order valence-electron chi connectivity index (χ4n) is 2.52. The molecule has 1 aromatic heterocycles. The summed E-state index contributed by atoms with van der Waals surface area (Å²) in [5.74, 6) is -0.187. The predicted molar refractivity (Wildman–Crippen MR) is 87.3 cm³/mol. The number of carbonyl (C=O) groups excluding carboxylic acids is 1. The molecule has 0 spiro atoms. The lowest BCUT2D eigenvalue weighted by molar-refractivity contribution is -0.0855. The average molecular weight is 323 g/mol. The summed E-state index contributed by atoms with van der Waals surface area (Å²) in [6, 6.07) is 12.8. The van der Waals surface area contributed by atoms with Crippen LogP contribution in [0, 0.1) is 11.3 Å². The second-order valence-corrected chi connectivity index (χ2v) is 5.37. The zero-order chi connectivity index (χ0) is 16.8. The van der Waals surface area contributed by atoms with Crippen molar-refractivity contribution in [3.63, 3.8) is 0 Å². The fourth-order valence-corrected chi connectivity index (χ4v) is 2.52. The minimum atomic E-state index is -0.187. The molecule has 0 aliphatic carbocycles. The SMILES string of the molecule is N#Cc1ncccc1-c1cccc(C(=O)NC[C@H]2COCCO2)c1. The minimum absolute atomic E-state index is 0.116. The van der Waals surface area contributed by atoms with Crippen LogP contribution in [0.25, 0.3) is 11.1 Å². The second kappa shape index (κ2) is 7.68. The molecule has 3 rings (SSSR count). The van der Waals surface area contributed by atoms with E-state index >= 15 is 0 Å². The Morgan fingerprint density at radius 3 is 3.04 bits per heavy atom. The van der Waals surface area contributed by atoms with Crippen LogP contribution in [0.5, 0.6) is 0 Å². The molecule has 1 aliphatic rings. The smallest absolute Gasteiger partial charge is 0.251 e. The highest BCUT2D eigenvalue weighted by Crippen LogP contribution is 2.22. The molecular weight excluding hydrogens is 306 g/mol. The fraction of sp³-hybridized carbons (Fsp3) is 0.278. The van der Waals surface area contributed by atoms with Gasteiger partial charge >= 0.3 is 0 Å². The molecular formula is C18H17N3O3. The first-order chi connectivity index (χ1) is 11.8. The summed E-state index contributed by atoms with van der Waals surface area (Å²) < 4.78 is 10.8. The summed E-state index contributed by atoms with van der Waals surface area (Å²) >= 11 is 0. The number of ether oxygens (including phenoxy) is 2. The van der Waals surface area contributed by atoms with Crippen molar-refractivity contribution >= 4 is 5.91 Å². The Bertz CT molecular complexity index is 764. The molecule has 0 saturated carbocycles. The Labute approximate surface area is 140 Å². The topological polar surface area (TPSA) is 84.2 Å². The van der Waals surface area contributed by atoms with Crippen LogP contribution in [-0.2, 0) is 9.47 Å². The molecule has 6 nitrogen and oxygen atoms in total. The number of nitrogens with zero attached hydrogens (tertiary/aromatic N) is 2. The molecule has 1 aromatic carbocycles. The molecule has 0 bridgehead atoms. The molecule has 2 heterocycles. The number of hydrogen-bond donors (Lipinski definition) is 1. The Morgan fingerprint density at radius 1 is 1.33 bits per heavy atom. The number of carbonyl (C=O) groups is 1. The van der Waals surface area contributed by atoms with E-state index in [0.29, 0.717) is 43.2 Å². The van der Waals surface area contributed by atoms with Crippen molar-refractivity contribution in [2.45, 2.75) is 6.10 Å². The van der Waals surface area contributed by atoms with Crippen molar-refractivity contribution in [3.05, 3.63) is 53.9 Å². The van der Waals surface area contributed by atoms with Gasteiger partial charge in [0.15, 0.2) is 0 Å². The number of amides is 1. The zero-order valence-electron chi connectivity index (χ0n) is 13.1. The number of hydrogen-bond acceptors (Lipinski definition) is 5. The number of benzene rings is 1. The van der Waals surface area contributed by atoms with Crippen molar-refractivity contribution in [1.29, 1.82) is 5.26 Å². The van der Waals surface area contributed by atoms with Crippen molar-refractivity contribution in [1.82, 2.24) is 10.3 Å². The Morgan fingerprint density at radius 2 is 2.25 bits per heavy atom. The Balaban J connectivity index is 1.73. The molecule has 1 amide bonds. The van der Waals surface area contributed by atoms with Crippen LogP contribution in [0.3, 0.4) is 0 Å². The standard InChI is InChI=1S/C18H17N3O3/c19-10-17-16(5-2-6-20-17)13-3-1-4-14(9-13)18(22)21-11-15-12-23-7-8-24-15/h1-6,9,15H,7-8,11-12H2,(H,21,22)/t15-/m0/s1. The molecule has 6 heteroatoms. The normalized spacial score (nSPS) is 17.0. The Hall–Kier alpha value is -2.75. The predicted octanol–water partition coefficient (Wildman–Crippen LogP) is 1.77. The lowest BCUT2D eigenvalue weighted by atomic mass is 10.0. The van der Waals surface area contributed by atoms with Gasteiger partial charge in [0.25, 0.3) is 5.91 Å². The number of nitriles is 1. The van der Waals surface area contributed by atoms with E-state index in [4.69, 9.17) is 14.7 Å². The number of aromatic nitrogens is 1. The highest BCUT2D eigenvalue weighted by Gasteiger charge is 2.16. The number of rotatable bonds is 4. The van der Waals surface area contributed by atoms with E-state index in [1.54, 1.807) is 30.5 Å². The summed E-state index contributed by atoms with van der Waals surface area (Å²) in [6.45, 7) is 2.04. The molecule has 2 aromatic rings. The van der Waals surface area contributed by atoms with E-state index in [2.05, 4.69) is 16.4 Å². The summed E-state index contributed by atoms with van der Waals surface area (Å²) in [5, 5.41) is 12.0. The van der Waals surface area contributed by atoms with Crippen LogP contribution in [-0.4, -0.2) is 43.4 Å². The molecule has 1 fully saturated rings. The molecule has 1 aliphatic heterocycles.